The molecule has 1 heterocycles. The number of para-hydroxylation sites is 2. The normalized spacial score (nSPS) is 19.9. The molecule has 4 heteroatoms. The van der Waals surface area contributed by atoms with E-state index in [9.17, 15) is 4.79 Å². The summed E-state index contributed by atoms with van der Waals surface area (Å²) >= 11 is 1.77. The first kappa shape index (κ1) is 12.3. The number of hydrogen-bond acceptors (Lipinski definition) is 3. The van der Waals surface area contributed by atoms with Crippen LogP contribution in [0, 0.1) is 0 Å². The highest BCUT2D eigenvalue weighted by Gasteiger charge is 2.25. The van der Waals surface area contributed by atoms with Crippen molar-refractivity contribution in [3.8, 4) is 0 Å². The quantitative estimate of drug-likeness (QED) is 0.820. The predicted octanol–water partition coefficient (Wildman–Crippen LogP) is 2.52. The Balaban J connectivity index is 2.11. The number of nitrogens with zero attached hydrogens (tertiary/aromatic N) is 1. The molecular weight excluding hydrogens is 232 g/mol. The molecule has 1 saturated heterocycles. The third-order valence-electron chi connectivity index (χ3n) is 3.08. The van der Waals surface area contributed by atoms with Crippen LogP contribution < -0.4 is 10.6 Å². The molecule has 0 spiro atoms. The third kappa shape index (κ3) is 2.75. The number of rotatable bonds is 2. The first-order valence-corrected chi connectivity index (χ1v) is 6.98. The highest BCUT2D eigenvalue weighted by Crippen LogP contribution is 2.29. The number of carbonyl (C=O) groups excluding carboxylic acids is 1. The third-order valence-corrected chi connectivity index (χ3v) is 4.45. The molecule has 0 radical (unpaired) electrons. The number of amides is 1. The lowest BCUT2D eigenvalue weighted by Gasteiger charge is -2.26. The first-order valence-electron chi connectivity index (χ1n) is 5.94. The molecule has 1 aliphatic heterocycles. The average molecular weight is 250 g/mol. The highest BCUT2D eigenvalue weighted by molar-refractivity contribution is 8.00. The van der Waals surface area contributed by atoms with Gasteiger partial charge >= 0.3 is 0 Å². The van der Waals surface area contributed by atoms with E-state index in [1.165, 1.54) is 6.42 Å². The van der Waals surface area contributed by atoms with Crippen LogP contribution in [0.3, 0.4) is 0 Å². The van der Waals surface area contributed by atoms with E-state index in [2.05, 4.69) is 0 Å². The fraction of sp³-hybridized carbons (Fsp3) is 0.462. The average Bonchev–Trinajstić information content (AvgIpc) is 2.39. The number of hydrogen-bond donors (Lipinski definition) is 1. The molecule has 92 valence electrons. The zero-order valence-electron chi connectivity index (χ0n) is 10.1. The first-order chi connectivity index (χ1) is 8.20. The lowest BCUT2D eigenvalue weighted by atomic mass is 10.1. The minimum absolute atomic E-state index is 0.105. The monoisotopic (exact) mass is 250 g/mol. The summed E-state index contributed by atoms with van der Waals surface area (Å²) in [5.41, 5.74) is 7.35. The molecule has 1 aromatic carbocycles. The van der Waals surface area contributed by atoms with E-state index < -0.39 is 0 Å². The molecule has 1 amide bonds. The molecule has 1 fully saturated rings. The molecule has 17 heavy (non-hydrogen) atoms. The van der Waals surface area contributed by atoms with Gasteiger partial charge in [-0.15, -0.1) is 11.8 Å². The van der Waals surface area contributed by atoms with Crippen molar-refractivity contribution >= 4 is 29.0 Å². The molecule has 0 bridgehead atoms. The van der Waals surface area contributed by atoms with Gasteiger partial charge in [-0.25, -0.2) is 0 Å². The van der Waals surface area contributed by atoms with E-state index in [-0.39, 0.29) is 11.2 Å². The van der Waals surface area contributed by atoms with Gasteiger partial charge in [0, 0.05) is 7.05 Å². The number of carbonyl (C=O) groups is 1. The molecule has 0 aromatic heterocycles. The number of benzene rings is 1. The van der Waals surface area contributed by atoms with Gasteiger partial charge in [0.1, 0.15) is 0 Å². The van der Waals surface area contributed by atoms with E-state index in [4.69, 9.17) is 5.73 Å². The maximum Gasteiger partial charge on any atom is 0.239 e. The molecule has 2 N–H and O–H groups in total. The number of nitrogen functional groups attached to an aromatic ring is 1. The second-order valence-corrected chi connectivity index (χ2v) is 5.62. The summed E-state index contributed by atoms with van der Waals surface area (Å²) in [5, 5.41) is 0.105. The van der Waals surface area contributed by atoms with Crippen LogP contribution in [0.4, 0.5) is 11.4 Å². The van der Waals surface area contributed by atoms with Gasteiger partial charge in [-0.2, -0.15) is 0 Å². The highest BCUT2D eigenvalue weighted by atomic mass is 32.2. The van der Waals surface area contributed by atoms with Crippen LogP contribution >= 0.6 is 11.8 Å². The van der Waals surface area contributed by atoms with Crippen LogP contribution in [-0.2, 0) is 4.79 Å². The van der Waals surface area contributed by atoms with Crippen molar-refractivity contribution in [1.82, 2.24) is 0 Å². The summed E-state index contributed by atoms with van der Waals surface area (Å²) in [4.78, 5) is 14.0. The molecule has 2 rings (SSSR count). The van der Waals surface area contributed by atoms with E-state index in [1.54, 1.807) is 16.7 Å². The summed E-state index contributed by atoms with van der Waals surface area (Å²) in [6.45, 7) is 0. The topological polar surface area (TPSA) is 46.3 Å². The maximum atomic E-state index is 12.3. The molecule has 0 aliphatic carbocycles. The van der Waals surface area contributed by atoms with Gasteiger partial charge in [-0.05, 0) is 30.7 Å². The van der Waals surface area contributed by atoms with Crippen molar-refractivity contribution in [1.29, 1.82) is 0 Å². The number of thioether (sulfide) groups is 1. The summed E-state index contributed by atoms with van der Waals surface area (Å²) in [6.07, 6.45) is 3.37. The Kier molecular flexibility index (Phi) is 3.94. The van der Waals surface area contributed by atoms with Gasteiger partial charge in [0.2, 0.25) is 5.91 Å². The van der Waals surface area contributed by atoms with E-state index in [0.29, 0.717) is 5.69 Å². The molecule has 0 saturated carbocycles. The Morgan fingerprint density at radius 2 is 2.18 bits per heavy atom. The second-order valence-electron chi connectivity index (χ2n) is 4.31. The predicted molar refractivity (Wildman–Crippen MR) is 74.4 cm³/mol. The summed E-state index contributed by atoms with van der Waals surface area (Å²) in [7, 11) is 1.81. The van der Waals surface area contributed by atoms with Gasteiger partial charge < -0.3 is 10.6 Å². The Morgan fingerprint density at radius 1 is 1.41 bits per heavy atom. The maximum absolute atomic E-state index is 12.3. The Bertz CT molecular complexity index is 402. The lowest BCUT2D eigenvalue weighted by molar-refractivity contribution is -0.118. The van der Waals surface area contributed by atoms with Crippen molar-refractivity contribution in [2.75, 3.05) is 23.4 Å². The Hall–Kier alpha value is -1.16. The van der Waals surface area contributed by atoms with Gasteiger partial charge in [0.15, 0.2) is 0 Å². The van der Waals surface area contributed by atoms with Crippen molar-refractivity contribution in [3.05, 3.63) is 24.3 Å². The van der Waals surface area contributed by atoms with Crippen LogP contribution in [0.2, 0.25) is 0 Å². The summed E-state index contributed by atoms with van der Waals surface area (Å²) in [5.74, 6) is 1.27. The number of nitrogens with two attached hydrogens (primary N) is 1. The molecule has 1 unspecified atom stereocenters. The van der Waals surface area contributed by atoms with Crippen LogP contribution in [-0.4, -0.2) is 24.0 Å². The standard InChI is InChI=1S/C13H18N2OS/c1-15(11-7-3-2-6-10(11)14)13(16)12-8-4-5-9-17-12/h2-3,6-7,12H,4-5,8-9,14H2,1H3. The van der Waals surface area contributed by atoms with Crippen molar-refractivity contribution in [3.63, 3.8) is 0 Å². The van der Waals surface area contributed by atoms with E-state index in [1.807, 2.05) is 31.3 Å². The fourth-order valence-electron chi connectivity index (χ4n) is 2.06. The molecule has 3 nitrogen and oxygen atoms in total. The lowest BCUT2D eigenvalue weighted by Crippen LogP contribution is -2.36. The van der Waals surface area contributed by atoms with Crippen LogP contribution in [0.5, 0.6) is 0 Å². The molecule has 1 atom stereocenters. The van der Waals surface area contributed by atoms with E-state index >= 15 is 0 Å². The van der Waals surface area contributed by atoms with Crippen molar-refractivity contribution < 1.29 is 4.79 Å². The minimum atomic E-state index is 0.105. The Labute approximate surface area is 106 Å². The van der Waals surface area contributed by atoms with Gasteiger partial charge in [0.05, 0.1) is 16.6 Å². The van der Waals surface area contributed by atoms with Gasteiger partial charge in [0.25, 0.3) is 0 Å². The van der Waals surface area contributed by atoms with Crippen LogP contribution in [0.1, 0.15) is 19.3 Å². The zero-order chi connectivity index (χ0) is 12.3. The van der Waals surface area contributed by atoms with Crippen molar-refractivity contribution in [2.45, 2.75) is 24.5 Å². The minimum Gasteiger partial charge on any atom is -0.397 e. The Morgan fingerprint density at radius 3 is 2.82 bits per heavy atom. The SMILES string of the molecule is CN(C(=O)C1CCCCS1)c1ccccc1N. The van der Waals surface area contributed by atoms with Gasteiger partial charge in [-0.3, -0.25) is 4.79 Å². The number of anilines is 2. The smallest absolute Gasteiger partial charge is 0.239 e. The largest absolute Gasteiger partial charge is 0.397 e. The van der Waals surface area contributed by atoms with Crippen LogP contribution in [0.25, 0.3) is 0 Å². The molecule has 1 aliphatic rings. The second kappa shape index (κ2) is 5.45. The zero-order valence-corrected chi connectivity index (χ0v) is 10.9. The van der Waals surface area contributed by atoms with E-state index in [0.717, 1.165) is 24.3 Å². The summed E-state index contributed by atoms with van der Waals surface area (Å²) in [6, 6.07) is 7.50. The molecule has 1 aromatic rings. The van der Waals surface area contributed by atoms with Crippen molar-refractivity contribution in [2.24, 2.45) is 0 Å². The van der Waals surface area contributed by atoms with Gasteiger partial charge in [-0.1, -0.05) is 18.6 Å². The summed E-state index contributed by atoms with van der Waals surface area (Å²) < 4.78 is 0. The fourth-order valence-corrected chi connectivity index (χ4v) is 3.35. The van der Waals surface area contributed by atoms with Crippen LogP contribution in [0.15, 0.2) is 24.3 Å². The molecular formula is C13H18N2OS.